The average Bonchev–Trinajstić information content (AvgIpc) is 2.30. The van der Waals surface area contributed by atoms with Gasteiger partial charge < -0.3 is 5.11 Å². The Kier molecular flexibility index (Phi) is 2.83. The molecule has 0 atom stereocenters. The zero-order valence-electron chi connectivity index (χ0n) is 8.09. The van der Waals surface area contributed by atoms with Crippen molar-refractivity contribution >= 4 is 17.6 Å². The molecule has 0 spiro atoms. The molecule has 80 valence electrons. The number of pyridine rings is 2. The Morgan fingerprint density at radius 2 is 2.12 bits per heavy atom. The molecule has 0 fully saturated rings. The van der Waals surface area contributed by atoms with Crippen molar-refractivity contribution in [2.45, 2.75) is 0 Å². The first-order valence-corrected chi connectivity index (χ1v) is 4.86. The fraction of sp³-hybridized carbons (Fsp3) is 0. The number of carbonyl (C=O) groups is 1. The van der Waals surface area contributed by atoms with Crippen LogP contribution in [0, 0.1) is 0 Å². The van der Waals surface area contributed by atoms with Gasteiger partial charge in [-0.2, -0.15) is 0 Å². The number of hydrogen-bond acceptors (Lipinski definition) is 3. The largest absolute Gasteiger partial charge is 0.476 e. The molecule has 0 aliphatic carbocycles. The van der Waals surface area contributed by atoms with Crippen LogP contribution in [0.1, 0.15) is 10.5 Å². The minimum Gasteiger partial charge on any atom is -0.476 e. The predicted octanol–water partition coefficient (Wildman–Crippen LogP) is 2.50. The van der Waals surface area contributed by atoms with E-state index >= 15 is 0 Å². The first-order valence-electron chi connectivity index (χ1n) is 4.49. The summed E-state index contributed by atoms with van der Waals surface area (Å²) in [5, 5.41) is 9.17. The lowest BCUT2D eigenvalue weighted by atomic mass is 10.1. The zero-order valence-corrected chi connectivity index (χ0v) is 8.85. The van der Waals surface area contributed by atoms with Crippen LogP contribution < -0.4 is 0 Å². The van der Waals surface area contributed by atoms with Gasteiger partial charge in [-0.15, -0.1) is 0 Å². The van der Waals surface area contributed by atoms with E-state index in [9.17, 15) is 4.79 Å². The number of rotatable bonds is 2. The van der Waals surface area contributed by atoms with E-state index in [0.717, 1.165) is 0 Å². The molecule has 2 aromatic rings. The molecular formula is C11H7ClN2O2. The lowest BCUT2D eigenvalue weighted by molar-refractivity contribution is 0.0691. The van der Waals surface area contributed by atoms with Crippen LogP contribution in [0.3, 0.4) is 0 Å². The highest BCUT2D eigenvalue weighted by atomic mass is 35.5. The highest BCUT2D eigenvalue weighted by Crippen LogP contribution is 2.23. The van der Waals surface area contributed by atoms with Crippen LogP contribution in [-0.4, -0.2) is 21.0 Å². The van der Waals surface area contributed by atoms with Crippen molar-refractivity contribution in [1.29, 1.82) is 0 Å². The van der Waals surface area contributed by atoms with Gasteiger partial charge in [-0.3, -0.25) is 4.98 Å². The molecule has 0 bridgehead atoms. The summed E-state index contributed by atoms with van der Waals surface area (Å²) in [6.45, 7) is 0. The van der Waals surface area contributed by atoms with Gasteiger partial charge in [0.25, 0.3) is 0 Å². The first-order chi connectivity index (χ1) is 7.68. The van der Waals surface area contributed by atoms with E-state index in [1.54, 1.807) is 36.7 Å². The Morgan fingerprint density at radius 3 is 2.75 bits per heavy atom. The molecule has 0 amide bonds. The van der Waals surface area contributed by atoms with E-state index in [1.165, 1.54) is 0 Å². The van der Waals surface area contributed by atoms with E-state index in [0.29, 0.717) is 11.1 Å². The van der Waals surface area contributed by atoms with Crippen molar-refractivity contribution in [1.82, 2.24) is 9.97 Å². The Balaban J connectivity index is 2.61. The van der Waals surface area contributed by atoms with Gasteiger partial charge >= 0.3 is 5.97 Å². The highest BCUT2D eigenvalue weighted by molar-refractivity contribution is 6.29. The van der Waals surface area contributed by atoms with Crippen LogP contribution in [0.15, 0.2) is 36.7 Å². The number of hydrogen-bond donors (Lipinski definition) is 1. The fourth-order valence-electron chi connectivity index (χ4n) is 1.35. The SMILES string of the molecule is O=C(O)c1nc(Cl)ccc1-c1cccnc1. The summed E-state index contributed by atoms with van der Waals surface area (Å²) in [7, 11) is 0. The standard InChI is InChI=1S/C11H7ClN2O2/c12-9-4-3-8(10(14-9)11(15)16)7-2-1-5-13-6-7/h1-6H,(H,15,16). The van der Waals surface area contributed by atoms with Gasteiger partial charge in [0.2, 0.25) is 0 Å². The first kappa shape index (κ1) is 10.6. The molecule has 0 radical (unpaired) electrons. The molecule has 0 aromatic carbocycles. The van der Waals surface area contributed by atoms with E-state index in [-0.39, 0.29) is 10.8 Å². The third-order valence-corrected chi connectivity index (χ3v) is 2.25. The summed E-state index contributed by atoms with van der Waals surface area (Å²) in [6.07, 6.45) is 3.20. The second-order valence-electron chi connectivity index (χ2n) is 3.08. The third-order valence-electron chi connectivity index (χ3n) is 2.04. The Morgan fingerprint density at radius 1 is 1.31 bits per heavy atom. The highest BCUT2D eigenvalue weighted by Gasteiger charge is 2.13. The van der Waals surface area contributed by atoms with Gasteiger partial charge in [-0.1, -0.05) is 17.7 Å². The topological polar surface area (TPSA) is 63.1 Å². The van der Waals surface area contributed by atoms with Crippen molar-refractivity contribution in [3.8, 4) is 11.1 Å². The third kappa shape index (κ3) is 2.01. The van der Waals surface area contributed by atoms with Crippen LogP contribution in [0.2, 0.25) is 5.15 Å². The molecule has 0 saturated heterocycles. The maximum absolute atomic E-state index is 11.0. The van der Waals surface area contributed by atoms with E-state index in [1.807, 2.05) is 0 Å². The number of aromatic carboxylic acids is 1. The van der Waals surface area contributed by atoms with Gasteiger partial charge in [-0.25, -0.2) is 9.78 Å². The minimum absolute atomic E-state index is 0.0690. The summed E-state index contributed by atoms with van der Waals surface area (Å²) in [5.74, 6) is -1.11. The number of carboxylic acid groups (broad SMARTS) is 1. The van der Waals surface area contributed by atoms with Crippen molar-refractivity contribution in [2.24, 2.45) is 0 Å². The number of halogens is 1. The zero-order chi connectivity index (χ0) is 11.5. The summed E-state index contributed by atoms with van der Waals surface area (Å²) < 4.78 is 0. The van der Waals surface area contributed by atoms with E-state index < -0.39 is 5.97 Å². The lowest BCUT2D eigenvalue weighted by Crippen LogP contribution is -2.03. The fourth-order valence-corrected chi connectivity index (χ4v) is 1.50. The van der Waals surface area contributed by atoms with Crippen molar-refractivity contribution in [3.63, 3.8) is 0 Å². The summed E-state index contributed by atoms with van der Waals surface area (Å²) in [4.78, 5) is 18.7. The van der Waals surface area contributed by atoms with Crippen molar-refractivity contribution in [2.75, 3.05) is 0 Å². The number of nitrogens with zero attached hydrogens (tertiary/aromatic N) is 2. The smallest absolute Gasteiger partial charge is 0.355 e. The maximum Gasteiger partial charge on any atom is 0.355 e. The lowest BCUT2D eigenvalue weighted by Gasteiger charge is -2.04. The predicted molar refractivity (Wildman–Crippen MR) is 59.4 cm³/mol. The molecule has 0 unspecified atom stereocenters. The molecule has 0 aliphatic heterocycles. The Bertz CT molecular complexity index is 529. The van der Waals surface area contributed by atoms with Crippen LogP contribution in [0.4, 0.5) is 0 Å². The van der Waals surface area contributed by atoms with Crippen LogP contribution in [-0.2, 0) is 0 Å². The summed E-state index contributed by atoms with van der Waals surface area (Å²) in [5.41, 5.74) is 1.13. The average molecular weight is 235 g/mol. The van der Waals surface area contributed by atoms with Gasteiger partial charge in [0.05, 0.1) is 0 Å². The second-order valence-corrected chi connectivity index (χ2v) is 3.46. The van der Waals surface area contributed by atoms with Gasteiger partial charge in [0.1, 0.15) is 5.15 Å². The Labute approximate surface area is 96.6 Å². The quantitative estimate of drug-likeness (QED) is 0.811. The minimum atomic E-state index is -1.11. The maximum atomic E-state index is 11.0. The van der Waals surface area contributed by atoms with E-state index in [4.69, 9.17) is 16.7 Å². The molecule has 16 heavy (non-hydrogen) atoms. The van der Waals surface area contributed by atoms with Gasteiger partial charge in [0, 0.05) is 23.5 Å². The van der Waals surface area contributed by atoms with Crippen LogP contribution in [0.25, 0.3) is 11.1 Å². The van der Waals surface area contributed by atoms with E-state index in [2.05, 4.69) is 9.97 Å². The number of aromatic nitrogens is 2. The van der Waals surface area contributed by atoms with Crippen molar-refractivity contribution < 1.29 is 9.90 Å². The molecule has 1 N–H and O–H groups in total. The van der Waals surface area contributed by atoms with Crippen LogP contribution >= 0.6 is 11.6 Å². The molecule has 2 heterocycles. The summed E-state index contributed by atoms with van der Waals surface area (Å²) >= 11 is 5.66. The molecule has 0 saturated carbocycles. The monoisotopic (exact) mass is 234 g/mol. The van der Waals surface area contributed by atoms with Gasteiger partial charge in [0.15, 0.2) is 5.69 Å². The molecule has 5 heteroatoms. The Hall–Kier alpha value is -1.94. The number of carboxylic acids is 1. The summed E-state index contributed by atoms with van der Waals surface area (Å²) in [6, 6.07) is 6.67. The molecular weight excluding hydrogens is 228 g/mol. The van der Waals surface area contributed by atoms with Crippen LogP contribution in [0.5, 0.6) is 0 Å². The second kappa shape index (κ2) is 4.28. The molecule has 2 aromatic heterocycles. The molecule has 2 rings (SSSR count). The van der Waals surface area contributed by atoms with Gasteiger partial charge in [-0.05, 0) is 18.2 Å². The molecule has 0 aliphatic rings. The molecule has 4 nitrogen and oxygen atoms in total. The van der Waals surface area contributed by atoms with Crippen molar-refractivity contribution in [3.05, 3.63) is 47.5 Å². The normalized spacial score (nSPS) is 10.1.